The van der Waals surface area contributed by atoms with Crippen molar-refractivity contribution < 1.29 is 33.4 Å². The second-order valence-corrected chi connectivity index (χ2v) is 7.16. The number of aromatic nitrogens is 1. The van der Waals surface area contributed by atoms with Crippen LogP contribution in [0, 0.1) is 0 Å². The average molecular weight is 437 g/mol. The molecule has 3 amide bonds. The molecule has 0 bridgehead atoms. The van der Waals surface area contributed by atoms with Crippen LogP contribution in [0.15, 0.2) is 52.7 Å². The average Bonchev–Trinajstić information content (AvgIpc) is 3.46. The van der Waals surface area contributed by atoms with Gasteiger partial charge in [-0.05, 0) is 31.2 Å². The quantitative estimate of drug-likeness (QED) is 0.344. The lowest BCUT2D eigenvalue weighted by Crippen LogP contribution is -2.30. The minimum atomic E-state index is -0.994. The topological polar surface area (TPSA) is 131 Å². The van der Waals surface area contributed by atoms with Crippen LogP contribution in [-0.4, -0.2) is 45.6 Å². The summed E-state index contributed by atoms with van der Waals surface area (Å²) in [6, 6.07) is 8.61. The predicted molar refractivity (Wildman–Crippen MR) is 111 cm³/mol. The lowest BCUT2D eigenvalue weighted by Gasteiger charge is -2.09. The van der Waals surface area contributed by atoms with Gasteiger partial charge in [0.2, 0.25) is 5.76 Å². The smallest absolute Gasteiger partial charge is 0.373 e. The van der Waals surface area contributed by atoms with Gasteiger partial charge in [-0.2, -0.15) is 0 Å². The number of hydrogen-bond acceptors (Lipinski definition) is 6. The number of amides is 3. The van der Waals surface area contributed by atoms with Crippen molar-refractivity contribution in [3.8, 4) is 0 Å². The molecule has 1 aromatic carbocycles. The fourth-order valence-corrected chi connectivity index (χ4v) is 3.49. The number of ether oxygens (including phenoxy) is 1. The Morgan fingerprint density at radius 2 is 1.97 bits per heavy atom. The number of methoxy groups -OCH3 is 1. The van der Waals surface area contributed by atoms with Crippen molar-refractivity contribution in [3.63, 3.8) is 0 Å². The van der Waals surface area contributed by atoms with Gasteiger partial charge >= 0.3 is 18.0 Å². The molecular formula is C22H19N3O7. The number of hydrogen-bond donors (Lipinski definition) is 2. The molecule has 2 aromatic heterocycles. The Labute approximate surface area is 181 Å². The van der Waals surface area contributed by atoms with Gasteiger partial charge in [0.15, 0.2) is 0 Å². The SMILES string of the molecule is COC(=O)c1ccc(CN2C(=O)N/C(=C\c3cn([C@H](C)C(=O)O)c4ccccc34)C2=O)o1. The van der Waals surface area contributed by atoms with Crippen molar-refractivity contribution >= 4 is 40.9 Å². The van der Waals surface area contributed by atoms with Crippen LogP contribution in [0.1, 0.15) is 34.8 Å². The van der Waals surface area contributed by atoms with Gasteiger partial charge < -0.3 is 24.1 Å². The van der Waals surface area contributed by atoms with Gasteiger partial charge in [-0.3, -0.25) is 9.69 Å². The molecule has 3 aromatic rings. The molecule has 1 aliphatic rings. The minimum absolute atomic E-state index is 0.0364. The van der Waals surface area contributed by atoms with Gasteiger partial charge in [0.05, 0.1) is 13.7 Å². The monoisotopic (exact) mass is 437 g/mol. The standard InChI is InChI=1S/C22H19N3O7/c1-12(20(27)28)24-10-13(15-5-3-4-6-17(15)24)9-16-19(26)25(22(30)23-16)11-14-7-8-18(32-14)21(29)31-2/h3-10,12H,11H2,1-2H3,(H,23,30)(H,27,28)/b16-9-/t12-/m1/s1. The number of carboxylic acid groups (broad SMARTS) is 1. The number of nitrogens with zero attached hydrogens (tertiary/aromatic N) is 2. The number of aliphatic carboxylic acids is 1. The Kier molecular flexibility index (Phi) is 5.27. The first-order valence-corrected chi connectivity index (χ1v) is 9.64. The number of carbonyl (C=O) groups is 4. The Morgan fingerprint density at radius 3 is 2.69 bits per heavy atom. The first-order valence-electron chi connectivity index (χ1n) is 9.64. The van der Waals surface area contributed by atoms with E-state index in [9.17, 15) is 24.3 Å². The van der Waals surface area contributed by atoms with E-state index in [4.69, 9.17) is 4.42 Å². The zero-order valence-corrected chi connectivity index (χ0v) is 17.2. The van der Waals surface area contributed by atoms with Crippen molar-refractivity contribution in [3.05, 3.63) is 65.4 Å². The van der Waals surface area contributed by atoms with Gasteiger partial charge in [-0.1, -0.05) is 18.2 Å². The number of rotatable bonds is 6. The molecule has 10 nitrogen and oxygen atoms in total. The van der Waals surface area contributed by atoms with Crippen molar-refractivity contribution in [1.82, 2.24) is 14.8 Å². The van der Waals surface area contributed by atoms with Crippen LogP contribution in [0.5, 0.6) is 0 Å². The molecule has 0 radical (unpaired) electrons. The summed E-state index contributed by atoms with van der Waals surface area (Å²) in [6.45, 7) is 1.39. The molecular weight excluding hydrogens is 418 g/mol. The lowest BCUT2D eigenvalue weighted by molar-refractivity contribution is -0.140. The molecule has 0 aliphatic carbocycles. The zero-order valence-electron chi connectivity index (χ0n) is 17.2. The molecule has 1 fully saturated rings. The van der Waals surface area contributed by atoms with Crippen molar-refractivity contribution in [2.45, 2.75) is 19.5 Å². The maximum Gasteiger partial charge on any atom is 0.373 e. The Hall–Kier alpha value is -4.34. The molecule has 10 heteroatoms. The highest BCUT2D eigenvalue weighted by molar-refractivity contribution is 6.14. The predicted octanol–water partition coefficient (Wildman–Crippen LogP) is 2.76. The van der Waals surface area contributed by atoms with Gasteiger partial charge in [0, 0.05) is 22.7 Å². The van der Waals surface area contributed by atoms with Crippen LogP contribution in [0.25, 0.3) is 17.0 Å². The summed E-state index contributed by atoms with van der Waals surface area (Å²) in [5.41, 5.74) is 1.32. The first-order chi connectivity index (χ1) is 15.3. The molecule has 4 rings (SSSR count). The third-order valence-corrected chi connectivity index (χ3v) is 5.17. The van der Waals surface area contributed by atoms with E-state index in [0.717, 1.165) is 10.3 Å². The summed E-state index contributed by atoms with van der Waals surface area (Å²) in [7, 11) is 1.22. The third-order valence-electron chi connectivity index (χ3n) is 5.17. The number of carbonyl (C=O) groups excluding carboxylic acids is 3. The lowest BCUT2D eigenvalue weighted by atomic mass is 10.1. The van der Waals surface area contributed by atoms with Crippen molar-refractivity contribution in [2.24, 2.45) is 0 Å². The van der Waals surface area contributed by atoms with Gasteiger partial charge in [-0.25, -0.2) is 14.4 Å². The Morgan fingerprint density at radius 1 is 1.22 bits per heavy atom. The normalized spacial score (nSPS) is 15.9. The fourth-order valence-electron chi connectivity index (χ4n) is 3.49. The minimum Gasteiger partial charge on any atom is -0.480 e. The second kappa shape index (κ2) is 8.06. The van der Waals surface area contributed by atoms with Crippen LogP contribution in [0.4, 0.5) is 4.79 Å². The van der Waals surface area contributed by atoms with Crippen LogP contribution >= 0.6 is 0 Å². The van der Waals surface area contributed by atoms with E-state index in [0.29, 0.717) is 11.1 Å². The van der Waals surface area contributed by atoms with Crippen molar-refractivity contribution in [1.29, 1.82) is 0 Å². The Balaban J connectivity index is 1.63. The van der Waals surface area contributed by atoms with Crippen LogP contribution < -0.4 is 5.32 Å². The molecule has 164 valence electrons. The molecule has 1 atom stereocenters. The molecule has 3 heterocycles. The van der Waals surface area contributed by atoms with E-state index in [-0.39, 0.29) is 23.8 Å². The Bertz CT molecular complexity index is 1280. The van der Waals surface area contributed by atoms with E-state index >= 15 is 0 Å². The summed E-state index contributed by atoms with van der Waals surface area (Å²) >= 11 is 0. The number of furan rings is 1. The largest absolute Gasteiger partial charge is 0.480 e. The first kappa shape index (κ1) is 20.9. The van der Waals surface area contributed by atoms with E-state index < -0.39 is 29.9 Å². The molecule has 32 heavy (non-hydrogen) atoms. The van der Waals surface area contributed by atoms with Gasteiger partial charge in [-0.15, -0.1) is 0 Å². The number of nitrogens with one attached hydrogen (secondary N) is 1. The number of esters is 1. The van der Waals surface area contributed by atoms with E-state index in [1.54, 1.807) is 35.9 Å². The molecule has 2 N–H and O–H groups in total. The van der Waals surface area contributed by atoms with E-state index in [1.807, 2.05) is 6.07 Å². The van der Waals surface area contributed by atoms with Crippen LogP contribution in [-0.2, 0) is 20.9 Å². The maximum absolute atomic E-state index is 12.8. The number of fused-ring (bicyclic) bond motifs is 1. The second-order valence-electron chi connectivity index (χ2n) is 7.16. The zero-order chi connectivity index (χ0) is 23.0. The summed E-state index contributed by atoms with van der Waals surface area (Å²) < 4.78 is 11.5. The highest BCUT2D eigenvalue weighted by atomic mass is 16.5. The molecule has 0 unspecified atom stereocenters. The number of urea groups is 1. The number of benzene rings is 1. The van der Waals surface area contributed by atoms with Gasteiger partial charge in [0.25, 0.3) is 5.91 Å². The van der Waals surface area contributed by atoms with E-state index in [1.165, 1.54) is 25.3 Å². The summed E-state index contributed by atoms with van der Waals surface area (Å²) in [5.74, 6) is -2.03. The van der Waals surface area contributed by atoms with Gasteiger partial charge in [0.1, 0.15) is 17.5 Å². The van der Waals surface area contributed by atoms with Crippen LogP contribution in [0.3, 0.4) is 0 Å². The van der Waals surface area contributed by atoms with E-state index in [2.05, 4.69) is 10.1 Å². The number of imide groups is 1. The maximum atomic E-state index is 12.8. The van der Waals surface area contributed by atoms with Crippen LogP contribution in [0.2, 0.25) is 0 Å². The van der Waals surface area contributed by atoms with Crippen molar-refractivity contribution in [2.75, 3.05) is 7.11 Å². The summed E-state index contributed by atoms with van der Waals surface area (Å²) in [5, 5.41) is 12.7. The third kappa shape index (κ3) is 3.62. The highest BCUT2D eigenvalue weighted by Crippen LogP contribution is 2.28. The summed E-state index contributed by atoms with van der Waals surface area (Å²) in [4.78, 5) is 49.2. The molecule has 1 aliphatic heterocycles. The number of carboxylic acids is 1. The fraction of sp³-hybridized carbons (Fsp3) is 0.182. The highest BCUT2D eigenvalue weighted by Gasteiger charge is 2.34. The number of para-hydroxylation sites is 1. The molecule has 0 spiro atoms. The summed E-state index contributed by atoms with van der Waals surface area (Å²) in [6.07, 6.45) is 3.14. The molecule has 1 saturated heterocycles. The molecule has 0 saturated carbocycles.